The van der Waals surface area contributed by atoms with Crippen LogP contribution in [0.3, 0.4) is 0 Å². The molecule has 0 aliphatic carbocycles. The molecule has 0 saturated carbocycles. The fourth-order valence-corrected chi connectivity index (χ4v) is 3.10. The van der Waals surface area contributed by atoms with Crippen molar-refractivity contribution in [3.8, 4) is 17.3 Å². The van der Waals surface area contributed by atoms with Gasteiger partial charge in [-0.05, 0) is 6.92 Å². The molecule has 0 N–H and O–H groups in total. The van der Waals surface area contributed by atoms with Gasteiger partial charge in [-0.3, -0.25) is 0 Å². The Labute approximate surface area is 140 Å². The van der Waals surface area contributed by atoms with Crippen molar-refractivity contribution in [2.45, 2.75) is 19.5 Å². The Morgan fingerprint density at radius 3 is 2.75 bits per heavy atom. The predicted molar refractivity (Wildman–Crippen MR) is 89.8 cm³/mol. The van der Waals surface area contributed by atoms with E-state index in [-0.39, 0.29) is 6.04 Å². The highest BCUT2D eigenvalue weighted by Gasteiger charge is 2.27. The number of ether oxygens (including phenoxy) is 1. The molecule has 0 saturated heterocycles. The molecule has 4 rings (SSSR count). The molecular weight excluding hydrogens is 304 g/mol. The first-order valence-electron chi connectivity index (χ1n) is 7.86. The highest BCUT2D eigenvalue weighted by molar-refractivity contribution is 5.56. The fraction of sp³-hybridized carbons (Fsp3) is 0.294. The van der Waals surface area contributed by atoms with E-state index in [0.717, 1.165) is 29.6 Å². The zero-order chi connectivity index (χ0) is 16.5. The van der Waals surface area contributed by atoms with Gasteiger partial charge in [0, 0.05) is 18.2 Å². The van der Waals surface area contributed by atoms with Crippen LogP contribution in [0.1, 0.15) is 18.8 Å². The summed E-state index contributed by atoms with van der Waals surface area (Å²) in [6.07, 6.45) is 1.52. The summed E-state index contributed by atoms with van der Waals surface area (Å²) in [5.74, 6) is 3.25. The van der Waals surface area contributed by atoms with E-state index >= 15 is 0 Å². The van der Waals surface area contributed by atoms with Crippen molar-refractivity contribution in [2.24, 2.45) is 0 Å². The monoisotopic (exact) mass is 322 g/mol. The largest absolute Gasteiger partial charge is 0.481 e. The van der Waals surface area contributed by atoms with Crippen LogP contribution >= 0.6 is 0 Å². The number of hydrogen-bond donors (Lipinski definition) is 0. The Bertz CT molecular complexity index is 847. The Kier molecular flexibility index (Phi) is 3.60. The number of hydrogen-bond acceptors (Lipinski definition) is 6. The van der Waals surface area contributed by atoms with Crippen molar-refractivity contribution >= 4 is 5.82 Å². The van der Waals surface area contributed by atoms with Crippen LogP contribution in [0.2, 0.25) is 0 Å². The van der Waals surface area contributed by atoms with Crippen LogP contribution in [-0.4, -0.2) is 38.4 Å². The molecule has 2 aromatic heterocycles. The van der Waals surface area contributed by atoms with Crippen molar-refractivity contribution in [1.29, 1.82) is 0 Å². The van der Waals surface area contributed by atoms with Crippen LogP contribution in [0, 0.1) is 0 Å². The number of fused-ring (bicyclic) bond motifs is 1. The Morgan fingerprint density at radius 1 is 1.12 bits per heavy atom. The van der Waals surface area contributed by atoms with E-state index in [1.807, 2.05) is 24.3 Å². The van der Waals surface area contributed by atoms with Gasteiger partial charge in [0.15, 0.2) is 11.6 Å². The van der Waals surface area contributed by atoms with Crippen LogP contribution in [0.4, 0.5) is 5.82 Å². The molecule has 7 nitrogen and oxygen atoms in total. The van der Waals surface area contributed by atoms with Gasteiger partial charge in [0.25, 0.3) is 0 Å². The van der Waals surface area contributed by atoms with Crippen molar-refractivity contribution in [3.05, 3.63) is 48.5 Å². The summed E-state index contributed by atoms with van der Waals surface area (Å²) in [6.45, 7) is 3.65. The van der Waals surface area contributed by atoms with Gasteiger partial charge in [-0.25, -0.2) is 9.97 Å². The lowest BCUT2D eigenvalue weighted by atomic mass is 10.1. The highest BCUT2D eigenvalue weighted by Crippen LogP contribution is 2.29. The van der Waals surface area contributed by atoms with Gasteiger partial charge in [0.2, 0.25) is 5.88 Å². The maximum atomic E-state index is 5.19. The van der Waals surface area contributed by atoms with E-state index in [0.29, 0.717) is 12.4 Å². The molecule has 0 bridgehead atoms. The minimum Gasteiger partial charge on any atom is -0.481 e. The van der Waals surface area contributed by atoms with E-state index < -0.39 is 0 Å². The summed E-state index contributed by atoms with van der Waals surface area (Å²) in [4.78, 5) is 10.6. The van der Waals surface area contributed by atoms with Gasteiger partial charge in [-0.2, -0.15) is 0 Å². The highest BCUT2D eigenvalue weighted by atomic mass is 16.5. The average molecular weight is 322 g/mol. The second-order valence-corrected chi connectivity index (χ2v) is 5.82. The van der Waals surface area contributed by atoms with Crippen molar-refractivity contribution in [2.75, 3.05) is 18.6 Å². The van der Waals surface area contributed by atoms with E-state index in [2.05, 4.69) is 48.7 Å². The second-order valence-electron chi connectivity index (χ2n) is 5.82. The van der Waals surface area contributed by atoms with Crippen molar-refractivity contribution < 1.29 is 4.74 Å². The number of benzene rings is 1. The van der Waals surface area contributed by atoms with Crippen LogP contribution in [0.25, 0.3) is 11.4 Å². The Hall–Kier alpha value is -2.96. The minimum absolute atomic E-state index is 0.236. The van der Waals surface area contributed by atoms with Gasteiger partial charge in [-0.1, -0.05) is 30.3 Å². The SMILES string of the molecule is COc1cc(N2Cc3nnc(-c4ccccc4)n3[C@@H](C)C2)ncn1. The third-order valence-corrected chi connectivity index (χ3v) is 4.22. The molecule has 7 heteroatoms. The number of rotatable bonds is 3. The lowest BCUT2D eigenvalue weighted by Crippen LogP contribution is -2.37. The molecule has 3 heterocycles. The molecule has 0 amide bonds. The number of anilines is 1. The summed E-state index contributed by atoms with van der Waals surface area (Å²) in [5, 5.41) is 8.81. The summed E-state index contributed by atoms with van der Waals surface area (Å²) in [5.41, 5.74) is 1.08. The van der Waals surface area contributed by atoms with E-state index in [1.54, 1.807) is 7.11 Å². The quantitative estimate of drug-likeness (QED) is 0.737. The standard InChI is InChI=1S/C17H18N6O/c1-12-9-22(14-8-16(24-2)19-11-18-14)10-15-20-21-17(23(12)15)13-6-4-3-5-7-13/h3-8,11-12H,9-10H2,1-2H3/t12-/m0/s1. The second kappa shape index (κ2) is 5.92. The van der Waals surface area contributed by atoms with Gasteiger partial charge >= 0.3 is 0 Å². The summed E-state index contributed by atoms with van der Waals surface area (Å²) in [7, 11) is 1.60. The van der Waals surface area contributed by atoms with Crippen LogP contribution in [-0.2, 0) is 6.54 Å². The maximum Gasteiger partial charge on any atom is 0.218 e. The molecule has 122 valence electrons. The normalized spacial score (nSPS) is 16.8. The Balaban J connectivity index is 1.68. The molecule has 24 heavy (non-hydrogen) atoms. The Morgan fingerprint density at radius 2 is 1.96 bits per heavy atom. The number of nitrogens with zero attached hydrogens (tertiary/aromatic N) is 6. The molecule has 1 aromatic carbocycles. The molecular formula is C17H18N6O. The molecule has 1 aliphatic rings. The van der Waals surface area contributed by atoms with Gasteiger partial charge in [0.1, 0.15) is 12.1 Å². The third kappa shape index (κ3) is 2.47. The first-order valence-corrected chi connectivity index (χ1v) is 7.86. The molecule has 0 unspecified atom stereocenters. The molecule has 1 aliphatic heterocycles. The predicted octanol–water partition coefficient (Wildman–Crippen LogP) is 2.32. The topological polar surface area (TPSA) is 69.0 Å². The summed E-state index contributed by atoms with van der Waals surface area (Å²) in [6, 6.07) is 12.2. The van der Waals surface area contributed by atoms with E-state index in [9.17, 15) is 0 Å². The van der Waals surface area contributed by atoms with E-state index in [1.165, 1.54) is 6.33 Å². The zero-order valence-electron chi connectivity index (χ0n) is 13.6. The first-order chi connectivity index (χ1) is 11.8. The minimum atomic E-state index is 0.236. The van der Waals surface area contributed by atoms with Crippen LogP contribution < -0.4 is 9.64 Å². The number of methoxy groups -OCH3 is 1. The summed E-state index contributed by atoms with van der Waals surface area (Å²) >= 11 is 0. The van der Waals surface area contributed by atoms with Crippen molar-refractivity contribution in [3.63, 3.8) is 0 Å². The van der Waals surface area contributed by atoms with E-state index in [4.69, 9.17) is 4.74 Å². The molecule has 1 atom stereocenters. The van der Waals surface area contributed by atoms with Gasteiger partial charge in [-0.15, -0.1) is 10.2 Å². The lowest BCUT2D eigenvalue weighted by molar-refractivity contribution is 0.396. The molecule has 3 aromatic rings. The van der Waals surface area contributed by atoms with Crippen molar-refractivity contribution in [1.82, 2.24) is 24.7 Å². The third-order valence-electron chi connectivity index (χ3n) is 4.22. The zero-order valence-corrected chi connectivity index (χ0v) is 13.6. The van der Waals surface area contributed by atoms with Crippen LogP contribution in [0.5, 0.6) is 5.88 Å². The van der Waals surface area contributed by atoms with Gasteiger partial charge < -0.3 is 14.2 Å². The van der Waals surface area contributed by atoms with Crippen LogP contribution in [0.15, 0.2) is 42.7 Å². The maximum absolute atomic E-state index is 5.19. The molecule has 0 radical (unpaired) electrons. The average Bonchev–Trinajstić information content (AvgIpc) is 3.07. The molecule has 0 spiro atoms. The smallest absolute Gasteiger partial charge is 0.218 e. The summed E-state index contributed by atoms with van der Waals surface area (Å²) < 4.78 is 7.41. The number of aromatic nitrogens is 5. The van der Waals surface area contributed by atoms with Gasteiger partial charge in [0.05, 0.1) is 19.7 Å². The lowest BCUT2D eigenvalue weighted by Gasteiger charge is -2.33. The molecule has 0 fully saturated rings. The first kappa shape index (κ1) is 14.6. The fourth-order valence-electron chi connectivity index (χ4n) is 3.10.